The second-order valence-electron chi connectivity index (χ2n) is 2.66. The zero-order valence-corrected chi connectivity index (χ0v) is 7.72. The van der Waals surface area contributed by atoms with Crippen LogP contribution in [0.15, 0.2) is 12.1 Å². The van der Waals surface area contributed by atoms with Gasteiger partial charge in [-0.15, -0.1) is 5.10 Å². The molecule has 0 aliphatic rings. The minimum absolute atomic E-state index is 0.101. The van der Waals surface area contributed by atoms with Gasteiger partial charge in [-0.3, -0.25) is 0 Å². The van der Waals surface area contributed by atoms with Crippen LogP contribution in [0, 0.1) is 5.82 Å². The summed E-state index contributed by atoms with van der Waals surface area (Å²) in [5, 5.41) is 7.74. The first-order valence-electron chi connectivity index (χ1n) is 3.90. The molecule has 5 heteroatoms. The van der Waals surface area contributed by atoms with Gasteiger partial charge in [-0.05, 0) is 13.0 Å². The van der Waals surface area contributed by atoms with E-state index in [2.05, 4.69) is 10.3 Å². The molecule has 13 heavy (non-hydrogen) atoms. The molecular formula is C8H7ClFN3. The summed E-state index contributed by atoms with van der Waals surface area (Å²) in [5.41, 5.74) is 1.29. The maximum Gasteiger partial charge on any atom is 0.144 e. The molecule has 0 spiro atoms. The van der Waals surface area contributed by atoms with E-state index in [0.29, 0.717) is 12.1 Å². The lowest BCUT2D eigenvalue weighted by molar-refractivity contribution is 0.629. The third kappa shape index (κ3) is 1.27. The molecule has 0 amide bonds. The molecule has 0 fully saturated rings. The van der Waals surface area contributed by atoms with Crippen LogP contribution >= 0.6 is 11.6 Å². The molecule has 68 valence electrons. The van der Waals surface area contributed by atoms with E-state index in [9.17, 15) is 4.39 Å². The molecular weight excluding hydrogens is 193 g/mol. The van der Waals surface area contributed by atoms with E-state index in [-0.39, 0.29) is 5.02 Å². The number of halogens is 2. The summed E-state index contributed by atoms with van der Waals surface area (Å²) < 4.78 is 14.6. The zero-order chi connectivity index (χ0) is 9.42. The summed E-state index contributed by atoms with van der Waals surface area (Å²) in [5.74, 6) is -0.461. The highest BCUT2D eigenvalue weighted by molar-refractivity contribution is 6.31. The number of aromatic nitrogens is 3. The Morgan fingerprint density at radius 2 is 2.31 bits per heavy atom. The predicted molar refractivity (Wildman–Crippen MR) is 48.2 cm³/mol. The van der Waals surface area contributed by atoms with Gasteiger partial charge in [-0.1, -0.05) is 16.8 Å². The summed E-state index contributed by atoms with van der Waals surface area (Å²) in [6.45, 7) is 2.63. The second kappa shape index (κ2) is 2.96. The number of aryl methyl sites for hydroxylation is 1. The Kier molecular flexibility index (Phi) is 1.92. The molecule has 1 aromatic heterocycles. The first kappa shape index (κ1) is 8.44. The van der Waals surface area contributed by atoms with E-state index >= 15 is 0 Å². The van der Waals surface area contributed by atoms with Gasteiger partial charge in [-0.25, -0.2) is 9.07 Å². The van der Waals surface area contributed by atoms with Crippen LogP contribution in [0.2, 0.25) is 5.02 Å². The predicted octanol–water partition coefficient (Wildman–Crippen LogP) is 2.24. The van der Waals surface area contributed by atoms with E-state index < -0.39 is 5.82 Å². The Labute approximate surface area is 79.1 Å². The molecule has 0 radical (unpaired) electrons. The zero-order valence-electron chi connectivity index (χ0n) is 6.96. The molecule has 0 unspecified atom stereocenters. The van der Waals surface area contributed by atoms with Crippen LogP contribution in [0.25, 0.3) is 11.0 Å². The van der Waals surface area contributed by atoms with Crippen molar-refractivity contribution >= 4 is 22.6 Å². The van der Waals surface area contributed by atoms with Crippen LogP contribution in [0.5, 0.6) is 0 Å². The van der Waals surface area contributed by atoms with Gasteiger partial charge in [0.05, 0.1) is 10.5 Å². The van der Waals surface area contributed by atoms with Crippen LogP contribution in [-0.4, -0.2) is 15.0 Å². The van der Waals surface area contributed by atoms with E-state index in [0.717, 1.165) is 5.52 Å². The van der Waals surface area contributed by atoms with Gasteiger partial charge < -0.3 is 0 Å². The third-order valence-electron chi connectivity index (χ3n) is 1.86. The highest BCUT2D eigenvalue weighted by Gasteiger charge is 2.07. The molecule has 2 aromatic rings. The van der Waals surface area contributed by atoms with E-state index in [4.69, 9.17) is 11.6 Å². The molecule has 0 saturated carbocycles. The van der Waals surface area contributed by atoms with E-state index in [1.54, 1.807) is 4.68 Å². The minimum Gasteiger partial charge on any atom is -0.245 e. The molecule has 1 heterocycles. The maximum absolute atomic E-state index is 13.0. The van der Waals surface area contributed by atoms with Crippen molar-refractivity contribution in [1.82, 2.24) is 15.0 Å². The van der Waals surface area contributed by atoms with Crippen molar-refractivity contribution in [3.05, 3.63) is 23.0 Å². The van der Waals surface area contributed by atoms with Crippen LogP contribution in [-0.2, 0) is 6.54 Å². The number of nitrogens with zero attached hydrogens (tertiary/aromatic N) is 3. The average molecular weight is 200 g/mol. The smallest absolute Gasteiger partial charge is 0.144 e. The first-order valence-corrected chi connectivity index (χ1v) is 4.28. The van der Waals surface area contributed by atoms with Gasteiger partial charge in [0.1, 0.15) is 11.3 Å². The molecule has 0 N–H and O–H groups in total. The van der Waals surface area contributed by atoms with Crippen LogP contribution in [0.1, 0.15) is 6.92 Å². The molecule has 0 aliphatic carbocycles. The fourth-order valence-corrected chi connectivity index (χ4v) is 1.35. The Morgan fingerprint density at radius 3 is 3.00 bits per heavy atom. The topological polar surface area (TPSA) is 30.7 Å². The molecule has 3 nitrogen and oxygen atoms in total. The number of benzene rings is 1. The third-order valence-corrected chi connectivity index (χ3v) is 2.15. The van der Waals surface area contributed by atoms with Crippen molar-refractivity contribution in [1.29, 1.82) is 0 Å². The molecule has 0 aliphatic heterocycles. The van der Waals surface area contributed by atoms with Crippen LogP contribution in [0.4, 0.5) is 4.39 Å². The van der Waals surface area contributed by atoms with Crippen LogP contribution < -0.4 is 0 Å². The highest BCUT2D eigenvalue weighted by Crippen LogP contribution is 2.20. The van der Waals surface area contributed by atoms with Crippen molar-refractivity contribution in [3.63, 3.8) is 0 Å². The summed E-state index contributed by atoms with van der Waals surface area (Å²) in [4.78, 5) is 0. The standard InChI is InChI=1S/C8H7ClFN3/c1-2-13-8-3-5(9)6(10)4-7(8)11-12-13/h3-4H,2H2,1H3. The van der Waals surface area contributed by atoms with Crippen molar-refractivity contribution in [3.8, 4) is 0 Å². The number of fused-ring (bicyclic) bond motifs is 1. The maximum atomic E-state index is 13.0. The number of rotatable bonds is 1. The summed E-state index contributed by atoms with van der Waals surface area (Å²) in [6.07, 6.45) is 0. The van der Waals surface area contributed by atoms with Gasteiger partial charge in [0.2, 0.25) is 0 Å². The quantitative estimate of drug-likeness (QED) is 0.705. The van der Waals surface area contributed by atoms with Crippen molar-refractivity contribution in [2.75, 3.05) is 0 Å². The lowest BCUT2D eigenvalue weighted by Crippen LogP contribution is -1.95. The number of hydrogen-bond acceptors (Lipinski definition) is 2. The van der Waals surface area contributed by atoms with Crippen molar-refractivity contribution in [2.45, 2.75) is 13.5 Å². The van der Waals surface area contributed by atoms with Gasteiger partial charge in [0, 0.05) is 12.6 Å². The summed E-state index contributed by atoms with van der Waals surface area (Å²) >= 11 is 5.63. The fraction of sp³-hybridized carbons (Fsp3) is 0.250. The minimum atomic E-state index is -0.461. The van der Waals surface area contributed by atoms with Gasteiger partial charge in [-0.2, -0.15) is 0 Å². The molecule has 0 saturated heterocycles. The fourth-order valence-electron chi connectivity index (χ4n) is 1.20. The molecule has 2 rings (SSSR count). The molecule has 0 atom stereocenters. The lowest BCUT2D eigenvalue weighted by Gasteiger charge is -1.97. The Bertz CT molecular complexity index is 452. The highest BCUT2D eigenvalue weighted by atomic mass is 35.5. The molecule has 0 bridgehead atoms. The summed E-state index contributed by atoms with van der Waals surface area (Å²) in [7, 11) is 0. The van der Waals surface area contributed by atoms with Gasteiger partial charge in [0.15, 0.2) is 0 Å². The SMILES string of the molecule is CCn1nnc2cc(F)c(Cl)cc21. The Morgan fingerprint density at radius 1 is 1.54 bits per heavy atom. The van der Waals surface area contributed by atoms with Gasteiger partial charge >= 0.3 is 0 Å². The number of hydrogen-bond donors (Lipinski definition) is 0. The Hall–Kier alpha value is -1.16. The molecule has 1 aromatic carbocycles. The lowest BCUT2D eigenvalue weighted by atomic mass is 10.3. The van der Waals surface area contributed by atoms with E-state index in [1.165, 1.54) is 12.1 Å². The second-order valence-corrected chi connectivity index (χ2v) is 3.07. The normalized spacial score (nSPS) is 11.0. The van der Waals surface area contributed by atoms with Gasteiger partial charge in [0.25, 0.3) is 0 Å². The largest absolute Gasteiger partial charge is 0.245 e. The average Bonchev–Trinajstić information content (AvgIpc) is 2.48. The monoisotopic (exact) mass is 199 g/mol. The Balaban J connectivity index is 2.77. The van der Waals surface area contributed by atoms with Crippen molar-refractivity contribution < 1.29 is 4.39 Å². The first-order chi connectivity index (χ1) is 6.22. The van der Waals surface area contributed by atoms with Crippen LogP contribution in [0.3, 0.4) is 0 Å². The summed E-state index contributed by atoms with van der Waals surface area (Å²) in [6, 6.07) is 2.83. The van der Waals surface area contributed by atoms with Crippen molar-refractivity contribution in [2.24, 2.45) is 0 Å². The van der Waals surface area contributed by atoms with E-state index in [1.807, 2.05) is 6.92 Å².